The lowest BCUT2D eigenvalue weighted by molar-refractivity contribution is -0.119. The number of amides is 1. The lowest BCUT2D eigenvalue weighted by Crippen LogP contribution is -2.55. The highest BCUT2D eigenvalue weighted by Gasteiger charge is 2.48. The average Bonchev–Trinajstić information content (AvgIpc) is 2.42. The maximum absolute atomic E-state index is 12.6. The number of carbonyl (C=O) groups is 1. The number of piperidine rings is 1. The van der Waals surface area contributed by atoms with Crippen LogP contribution >= 0.6 is 28.3 Å². The van der Waals surface area contributed by atoms with Gasteiger partial charge in [0.05, 0.1) is 0 Å². The number of anilines is 1. The van der Waals surface area contributed by atoms with Crippen LogP contribution in [0.5, 0.6) is 0 Å². The fourth-order valence-corrected chi connectivity index (χ4v) is 4.22. The molecule has 0 saturated carbocycles. The Labute approximate surface area is 145 Å². The minimum absolute atomic E-state index is 0. The van der Waals surface area contributed by atoms with Crippen LogP contribution in [-0.2, 0) is 14.6 Å². The molecule has 1 fully saturated rings. The normalized spacial score (nSPS) is 17.4. The van der Waals surface area contributed by atoms with Crippen molar-refractivity contribution in [3.05, 3.63) is 28.2 Å². The molecule has 22 heavy (non-hydrogen) atoms. The molecule has 1 aromatic carbocycles. The Morgan fingerprint density at radius 2 is 1.91 bits per heavy atom. The molecule has 1 amide bonds. The first-order valence-electron chi connectivity index (χ1n) is 6.74. The molecule has 0 atom stereocenters. The second kappa shape index (κ2) is 7.29. The summed E-state index contributed by atoms with van der Waals surface area (Å²) in [6, 6.07) is 5.43. The molecular formula is C14H20BrClN2O3S. The van der Waals surface area contributed by atoms with E-state index in [-0.39, 0.29) is 12.4 Å². The van der Waals surface area contributed by atoms with E-state index in [1.165, 1.54) is 0 Å². The van der Waals surface area contributed by atoms with Crippen molar-refractivity contribution < 1.29 is 13.2 Å². The van der Waals surface area contributed by atoms with Crippen molar-refractivity contribution in [2.75, 3.05) is 24.7 Å². The number of benzene rings is 1. The summed E-state index contributed by atoms with van der Waals surface area (Å²) in [5, 5.41) is 5.85. The van der Waals surface area contributed by atoms with Crippen molar-refractivity contribution >= 4 is 49.8 Å². The molecule has 1 heterocycles. The number of halogens is 2. The summed E-state index contributed by atoms with van der Waals surface area (Å²) in [5.41, 5.74) is 1.65. The van der Waals surface area contributed by atoms with Gasteiger partial charge in [-0.2, -0.15) is 0 Å². The molecule has 8 heteroatoms. The Kier molecular flexibility index (Phi) is 6.44. The fraction of sp³-hybridized carbons (Fsp3) is 0.500. The van der Waals surface area contributed by atoms with Gasteiger partial charge in [0.15, 0.2) is 14.6 Å². The molecule has 2 N–H and O–H groups in total. The van der Waals surface area contributed by atoms with Crippen LogP contribution < -0.4 is 10.6 Å². The largest absolute Gasteiger partial charge is 0.325 e. The number of carbonyl (C=O) groups excluding carboxylic acids is 1. The van der Waals surface area contributed by atoms with Crippen molar-refractivity contribution in [1.82, 2.24) is 5.32 Å². The zero-order chi connectivity index (χ0) is 15.7. The number of aryl methyl sites for hydroxylation is 1. The van der Waals surface area contributed by atoms with Crippen LogP contribution in [0.3, 0.4) is 0 Å². The smallest absolute Gasteiger partial charge is 0.245 e. The Morgan fingerprint density at radius 3 is 2.41 bits per heavy atom. The predicted molar refractivity (Wildman–Crippen MR) is 94.4 cm³/mol. The Bertz CT molecular complexity index is 658. The van der Waals surface area contributed by atoms with E-state index < -0.39 is 20.5 Å². The van der Waals surface area contributed by atoms with Crippen molar-refractivity contribution in [2.45, 2.75) is 24.5 Å². The summed E-state index contributed by atoms with van der Waals surface area (Å²) >= 11 is 3.41. The lowest BCUT2D eigenvalue weighted by atomic mass is 9.95. The molecular weight excluding hydrogens is 392 g/mol. The highest BCUT2D eigenvalue weighted by atomic mass is 79.9. The first-order chi connectivity index (χ1) is 9.76. The minimum atomic E-state index is -3.49. The molecule has 1 aliphatic heterocycles. The maximum Gasteiger partial charge on any atom is 0.245 e. The van der Waals surface area contributed by atoms with Crippen LogP contribution in [0.1, 0.15) is 18.4 Å². The second-order valence-corrected chi connectivity index (χ2v) is 8.61. The Hall–Kier alpha value is -0.630. The molecule has 0 bridgehead atoms. The maximum atomic E-state index is 12.6. The first kappa shape index (κ1) is 19.4. The number of hydrogen-bond acceptors (Lipinski definition) is 4. The number of nitrogens with one attached hydrogen (secondary N) is 2. The summed E-state index contributed by atoms with van der Waals surface area (Å²) in [7, 11) is -3.49. The fourth-order valence-electron chi connectivity index (χ4n) is 2.51. The third-order valence-corrected chi connectivity index (χ3v) is 6.83. The summed E-state index contributed by atoms with van der Waals surface area (Å²) in [4.78, 5) is 12.6. The highest BCUT2D eigenvalue weighted by molar-refractivity contribution is 9.10. The van der Waals surface area contributed by atoms with E-state index in [0.717, 1.165) is 16.3 Å². The molecule has 0 unspecified atom stereocenters. The summed E-state index contributed by atoms with van der Waals surface area (Å²) in [5.74, 6) is -0.442. The Morgan fingerprint density at radius 1 is 1.32 bits per heavy atom. The van der Waals surface area contributed by atoms with E-state index in [4.69, 9.17) is 0 Å². The minimum Gasteiger partial charge on any atom is -0.325 e. The van der Waals surface area contributed by atoms with Crippen molar-refractivity contribution in [2.24, 2.45) is 0 Å². The quantitative estimate of drug-likeness (QED) is 0.800. The van der Waals surface area contributed by atoms with Crippen LogP contribution in [0.15, 0.2) is 22.7 Å². The van der Waals surface area contributed by atoms with Gasteiger partial charge in [-0.25, -0.2) is 8.42 Å². The number of sulfone groups is 1. The molecule has 5 nitrogen and oxygen atoms in total. The Balaban J connectivity index is 0.00000242. The summed E-state index contributed by atoms with van der Waals surface area (Å²) < 4.78 is 23.9. The van der Waals surface area contributed by atoms with E-state index in [1.54, 1.807) is 12.1 Å². The van der Waals surface area contributed by atoms with Gasteiger partial charge in [0.2, 0.25) is 5.91 Å². The molecule has 1 aromatic rings. The van der Waals surface area contributed by atoms with Crippen molar-refractivity contribution in [3.63, 3.8) is 0 Å². The van der Waals surface area contributed by atoms with Gasteiger partial charge in [-0.05, 0) is 50.6 Å². The van der Waals surface area contributed by atoms with Gasteiger partial charge < -0.3 is 10.6 Å². The van der Waals surface area contributed by atoms with Gasteiger partial charge in [-0.15, -0.1) is 12.4 Å². The molecule has 1 aliphatic rings. The van der Waals surface area contributed by atoms with Crippen LogP contribution in [0.4, 0.5) is 5.69 Å². The molecule has 0 aliphatic carbocycles. The van der Waals surface area contributed by atoms with E-state index in [1.807, 2.05) is 13.0 Å². The van der Waals surface area contributed by atoms with Crippen LogP contribution in [0.2, 0.25) is 0 Å². The van der Waals surface area contributed by atoms with E-state index in [0.29, 0.717) is 31.6 Å². The van der Waals surface area contributed by atoms with Gasteiger partial charge in [0.1, 0.15) is 0 Å². The van der Waals surface area contributed by atoms with Gasteiger partial charge in [0.25, 0.3) is 0 Å². The second-order valence-electron chi connectivity index (χ2n) is 5.43. The summed E-state index contributed by atoms with van der Waals surface area (Å²) in [6.07, 6.45) is 1.73. The first-order valence-corrected chi connectivity index (χ1v) is 9.43. The van der Waals surface area contributed by atoms with Crippen LogP contribution in [0, 0.1) is 6.92 Å². The highest BCUT2D eigenvalue weighted by Crippen LogP contribution is 2.30. The molecule has 0 aromatic heterocycles. The topological polar surface area (TPSA) is 75.3 Å². The standard InChI is InChI=1S/C14H19BrN2O3S.ClH/c1-10-3-4-11(9-12(10)15)17-13(18)14(21(2,19)20)5-7-16-8-6-14;/h3-4,9,16H,5-8H2,1-2H3,(H,17,18);1H. The molecule has 0 radical (unpaired) electrons. The molecule has 1 saturated heterocycles. The van der Waals surface area contributed by atoms with Gasteiger partial charge in [0, 0.05) is 16.4 Å². The van der Waals surface area contributed by atoms with Gasteiger partial charge in [-0.1, -0.05) is 22.0 Å². The van der Waals surface area contributed by atoms with Crippen molar-refractivity contribution in [1.29, 1.82) is 0 Å². The third kappa shape index (κ3) is 3.82. The number of rotatable bonds is 3. The van der Waals surface area contributed by atoms with Gasteiger partial charge >= 0.3 is 0 Å². The molecule has 2 rings (SSSR count). The summed E-state index contributed by atoms with van der Waals surface area (Å²) in [6.45, 7) is 3.00. The van der Waals surface area contributed by atoms with Crippen LogP contribution in [0.25, 0.3) is 0 Å². The molecule has 0 spiro atoms. The van der Waals surface area contributed by atoms with Crippen molar-refractivity contribution in [3.8, 4) is 0 Å². The van der Waals surface area contributed by atoms with E-state index in [9.17, 15) is 13.2 Å². The SMILES string of the molecule is Cc1ccc(NC(=O)C2(S(C)(=O)=O)CCNCC2)cc1Br.Cl. The van der Waals surface area contributed by atoms with E-state index in [2.05, 4.69) is 26.6 Å². The monoisotopic (exact) mass is 410 g/mol. The third-order valence-electron chi connectivity index (χ3n) is 3.96. The molecule has 124 valence electrons. The zero-order valence-corrected chi connectivity index (χ0v) is 15.7. The van der Waals surface area contributed by atoms with Crippen LogP contribution in [-0.4, -0.2) is 38.4 Å². The predicted octanol–water partition coefficient (Wildman–Crippen LogP) is 2.28. The van der Waals surface area contributed by atoms with Gasteiger partial charge in [-0.3, -0.25) is 4.79 Å². The number of hydrogen-bond donors (Lipinski definition) is 2. The average molecular weight is 412 g/mol. The zero-order valence-electron chi connectivity index (χ0n) is 12.5. The van der Waals surface area contributed by atoms with E-state index >= 15 is 0 Å². The lowest BCUT2D eigenvalue weighted by Gasteiger charge is -2.34.